The number of aromatic nitrogens is 3. The molecule has 2 aromatic rings. The molecule has 26 heavy (non-hydrogen) atoms. The van der Waals surface area contributed by atoms with Crippen molar-refractivity contribution in [3.05, 3.63) is 34.5 Å². The maximum absolute atomic E-state index is 12.9. The number of aryl methyl sites for hydroxylation is 1. The van der Waals surface area contributed by atoms with Crippen molar-refractivity contribution in [2.24, 2.45) is 12.0 Å². The summed E-state index contributed by atoms with van der Waals surface area (Å²) in [5.41, 5.74) is 3.95. The van der Waals surface area contributed by atoms with Crippen LogP contribution in [0.4, 0.5) is 16.3 Å². The highest BCUT2D eigenvalue weighted by atomic mass is 35.5. The lowest BCUT2D eigenvalue weighted by molar-refractivity contribution is 0.185. The molecule has 0 saturated carbocycles. The second kappa shape index (κ2) is 6.72. The molecule has 1 fully saturated rings. The van der Waals surface area contributed by atoms with Crippen molar-refractivity contribution in [3.63, 3.8) is 0 Å². The Hall–Kier alpha value is -2.41. The minimum absolute atomic E-state index is 0.00639. The number of fused-ring (bicyclic) bond motifs is 1. The first-order chi connectivity index (χ1) is 12.5. The van der Waals surface area contributed by atoms with E-state index >= 15 is 0 Å². The van der Waals surface area contributed by atoms with Crippen LogP contribution in [0.3, 0.4) is 0 Å². The van der Waals surface area contributed by atoms with Gasteiger partial charge in [0.05, 0.1) is 17.4 Å². The van der Waals surface area contributed by atoms with Crippen LogP contribution in [0.5, 0.6) is 0 Å². The average molecular weight is 373 g/mol. The van der Waals surface area contributed by atoms with E-state index in [2.05, 4.69) is 15.6 Å². The third-order valence-electron chi connectivity index (χ3n) is 5.16. The molecule has 1 unspecified atom stereocenters. The van der Waals surface area contributed by atoms with Crippen LogP contribution >= 0.6 is 11.6 Å². The van der Waals surface area contributed by atoms with Crippen LogP contribution in [0, 0.1) is 6.92 Å². The number of piperidine rings is 1. The van der Waals surface area contributed by atoms with Gasteiger partial charge in [-0.15, -0.1) is 5.10 Å². The number of benzene rings is 1. The van der Waals surface area contributed by atoms with Crippen LogP contribution < -0.4 is 5.32 Å². The zero-order chi connectivity index (χ0) is 18.3. The Morgan fingerprint density at radius 1 is 1.35 bits per heavy atom. The van der Waals surface area contributed by atoms with Crippen LogP contribution in [0.25, 0.3) is 0 Å². The van der Waals surface area contributed by atoms with Gasteiger partial charge in [-0.25, -0.2) is 4.79 Å². The summed E-state index contributed by atoms with van der Waals surface area (Å²) < 4.78 is 1.64. The van der Waals surface area contributed by atoms with E-state index in [1.165, 1.54) is 5.56 Å². The van der Waals surface area contributed by atoms with Gasteiger partial charge in [-0.2, -0.15) is 0 Å². The number of carbonyl (C=O) groups is 1. The summed E-state index contributed by atoms with van der Waals surface area (Å²) in [4.78, 5) is 19.5. The van der Waals surface area contributed by atoms with E-state index in [4.69, 9.17) is 16.6 Å². The van der Waals surface area contributed by atoms with Crippen LogP contribution in [0.2, 0.25) is 5.02 Å². The smallest absolute Gasteiger partial charge is 0.316 e. The first-order valence-electron chi connectivity index (χ1n) is 8.82. The first-order valence-corrected chi connectivity index (χ1v) is 9.20. The van der Waals surface area contributed by atoms with Gasteiger partial charge in [0, 0.05) is 30.7 Å². The van der Waals surface area contributed by atoms with Gasteiger partial charge in [-0.1, -0.05) is 22.9 Å². The van der Waals surface area contributed by atoms with Crippen LogP contribution in [0.1, 0.15) is 30.5 Å². The molecule has 1 saturated heterocycles. The van der Waals surface area contributed by atoms with Crippen molar-refractivity contribution in [1.82, 2.24) is 19.9 Å². The summed E-state index contributed by atoms with van der Waals surface area (Å²) in [6, 6.07) is 5.66. The van der Waals surface area contributed by atoms with E-state index in [1.54, 1.807) is 11.7 Å². The quantitative estimate of drug-likeness (QED) is 0.876. The SMILES string of the molecule is Cc1c(NC(=O)N2CCCCC2C2=Nc3cc(Cl)ccc3C2)nnn1C. The zero-order valence-corrected chi connectivity index (χ0v) is 15.6. The number of amides is 2. The molecule has 1 aromatic heterocycles. The topological polar surface area (TPSA) is 75.4 Å². The number of hydrogen-bond acceptors (Lipinski definition) is 4. The van der Waals surface area contributed by atoms with Crippen molar-refractivity contribution in [1.29, 1.82) is 0 Å². The van der Waals surface area contributed by atoms with Gasteiger partial charge in [0.25, 0.3) is 0 Å². The van der Waals surface area contributed by atoms with E-state index in [1.807, 2.05) is 30.0 Å². The maximum Gasteiger partial charge on any atom is 0.323 e. The molecule has 1 aromatic carbocycles. The van der Waals surface area contributed by atoms with Gasteiger partial charge in [-0.3, -0.25) is 15.0 Å². The van der Waals surface area contributed by atoms with E-state index in [-0.39, 0.29) is 12.1 Å². The molecule has 2 amide bonds. The van der Waals surface area contributed by atoms with E-state index in [0.29, 0.717) is 17.4 Å². The van der Waals surface area contributed by atoms with Crippen LogP contribution in [-0.2, 0) is 13.5 Å². The second-order valence-electron chi connectivity index (χ2n) is 6.84. The number of rotatable bonds is 2. The van der Waals surface area contributed by atoms with Crippen molar-refractivity contribution in [3.8, 4) is 0 Å². The number of likely N-dealkylation sites (tertiary alicyclic amines) is 1. The fraction of sp³-hybridized carbons (Fsp3) is 0.444. The number of hydrogen-bond donors (Lipinski definition) is 1. The predicted molar refractivity (Wildman–Crippen MR) is 101 cm³/mol. The molecule has 7 nitrogen and oxygen atoms in total. The third kappa shape index (κ3) is 3.07. The molecule has 0 radical (unpaired) electrons. The molecule has 0 aliphatic carbocycles. The molecule has 2 aliphatic rings. The molecule has 8 heteroatoms. The highest BCUT2D eigenvalue weighted by molar-refractivity contribution is 6.31. The molecular weight excluding hydrogens is 352 g/mol. The number of aliphatic imine (C=N–C) groups is 1. The Bertz CT molecular complexity index is 890. The highest BCUT2D eigenvalue weighted by Crippen LogP contribution is 2.33. The minimum atomic E-state index is -0.144. The van der Waals surface area contributed by atoms with Crippen molar-refractivity contribution >= 4 is 34.8 Å². The number of nitrogens with one attached hydrogen (secondary N) is 1. The average Bonchev–Trinajstić information content (AvgIpc) is 3.19. The van der Waals surface area contributed by atoms with E-state index < -0.39 is 0 Å². The molecule has 2 aliphatic heterocycles. The Balaban J connectivity index is 1.55. The van der Waals surface area contributed by atoms with E-state index in [0.717, 1.165) is 42.8 Å². The van der Waals surface area contributed by atoms with Gasteiger partial charge < -0.3 is 4.90 Å². The van der Waals surface area contributed by atoms with E-state index in [9.17, 15) is 4.79 Å². The van der Waals surface area contributed by atoms with Gasteiger partial charge >= 0.3 is 6.03 Å². The summed E-state index contributed by atoms with van der Waals surface area (Å²) in [5, 5.41) is 11.6. The number of carbonyl (C=O) groups excluding carboxylic acids is 1. The van der Waals surface area contributed by atoms with Crippen molar-refractivity contribution < 1.29 is 4.79 Å². The Morgan fingerprint density at radius 2 is 2.19 bits per heavy atom. The lowest BCUT2D eigenvalue weighted by atomic mass is 9.95. The lowest BCUT2D eigenvalue weighted by Crippen LogP contribution is -2.49. The number of anilines is 1. The van der Waals surface area contributed by atoms with Gasteiger partial charge in [0.15, 0.2) is 5.82 Å². The van der Waals surface area contributed by atoms with Crippen molar-refractivity contribution in [2.45, 2.75) is 38.6 Å². The Kier molecular flexibility index (Phi) is 4.40. The first kappa shape index (κ1) is 17.0. The second-order valence-corrected chi connectivity index (χ2v) is 7.27. The van der Waals surface area contributed by atoms with Gasteiger partial charge in [-0.05, 0) is 43.9 Å². The minimum Gasteiger partial charge on any atom is -0.316 e. The Labute approximate surface area is 157 Å². The fourth-order valence-corrected chi connectivity index (χ4v) is 3.75. The van der Waals surface area contributed by atoms with Crippen molar-refractivity contribution in [2.75, 3.05) is 11.9 Å². The number of nitrogens with zero attached hydrogens (tertiary/aromatic N) is 5. The normalized spacial score (nSPS) is 19.3. The summed E-state index contributed by atoms with van der Waals surface area (Å²) in [7, 11) is 1.80. The molecular formula is C18H21ClN6O. The maximum atomic E-state index is 12.9. The fourth-order valence-electron chi connectivity index (χ4n) is 3.59. The molecule has 3 heterocycles. The molecule has 136 valence electrons. The summed E-state index contributed by atoms with van der Waals surface area (Å²) in [5.74, 6) is 0.505. The Morgan fingerprint density at radius 3 is 2.96 bits per heavy atom. The number of urea groups is 1. The molecule has 0 bridgehead atoms. The monoisotopic (exact) mass is 372 g/mol. The zero-order valence-electron chi connectivity index (χ0n) is 14.9. The van der Waals surface area contributed by atoms with Gasteiger partial charge in [0.2, 0.25) is 0 Å². The molecule has 1 N–H and O–H groups in total. The summed E-state index contributed by atoms with van der Waals surface area (Å²) >= 11 is 6.08. The summed E-state index contributed by atoms with van der Waals surface area (Å²) in [6.45, 7) is 2.59. The summed E-state index contributed by atoms with van der Waals surface area (Å²) in [6.07, 6.45) is 3.78. The molecule has 0 spiro atoms. The largest absolute Gasteiger partial charge is 0.323 e. The predicted octanol–water partition coefficient (Wildman–Crippen LogP) is 3.49. The van der Waals surface area contributed by atoms with Gasteiger partial charge in [0.1, 0.15) is 0 Å². The molecule has 1 atom stereocenters. The third-order valence-corrected chi connectivity index (χ3v) is 5.40. The lowest BCUT2D eigenvalue weighted by Gasteiger charge is -2.35. The standard InChI is InChI=1S/C18H21ClN6O/c1-11-17(22-23-24(11)2)21-18(26)25-8-4-3-5-16(25)15-9-12-6-7-13(19)10-14(12)20-15/h6-7,10,16H,3-5,8-9H2,1-2H3,(H,21,26). The number of halogens is 1. The van der Waals surface area contributed by atoms with Crippen LogP contribution in [-0.4, -0.2) is 44.2 Å². The highest BCUT2D eigenvalue weighted by Gasteiger charge is 2.33. The van der Waals surface area contributed by atoms with Crippen LogP contribution in [0.15, 0.2) is 23.2 Å². The molecule has 4 rings (SSSR count).